The summed E-state index contributed by atoms with van der Waals surface area (Å²) < 4.78 is 5.42. The molecule has 0 saturated carbocycles. The van der Waals surface area contributed by atoms with E-state index in [4.69, 9.17) is 4.74 Å². The highest BCUT2D eigenvalue weighted by molar-refractivity contribution is 8.00. The van der Waals surface area contributed by atoms with Crippen LogP contribution in [0, 0.1) is 0 Å². The number of benzene rings is 1. The van der Waals surface area contributed by atoms with Crippen LogP contribution in [-0.2, 0) is 17.8 Å². The van der Waals surface area contributed by atoms with Crippen molar-refractivity contribution in [2.45, 2.75) is 31.7 Å². The average molecular weight is 378 g/mol. The van der Waals surface area contributed by atoms with Gasteiger partial charge >= 0.3 is 0 Å². The normalized spacial score (nSPS) is 14.2. The van der Waals surface area contributed by atoms with Crippen LogP contribution < -0.4 is 10.1 Å². The van der Waals surface area contributed by atoms with Crippen molar-refractivity contribution in [2.75, 3.05) is 30.8 Å². The third-order valence-corrected chi connectivity index (χ3v) is 6.02. The molecule has 2 heterocycles. The van der Waals surface area contributed by atoms with Crippen LogP contribution in [0.1, 0.15) is 24.4 Å². The Bertz CT molecular complexity index is 716. The summed E-state index contributed by atoms with van der Waals surface area (Å²) in [6.45, 7) is 7.84. The fraction of sp³-hybridized carbons (Fsp3) is 0.444. The summed E-state index contributed by atoms with van der Waals surface area (Å²) in [6.07, 6.45) is 0.969. The number of aromatic nitrogens is 1. The van der Waals surface area contributed by atoms with Gasteiger partial charge in [0.25, 0.3) is 0 Å². The third-order valence-electron chi connectivity index (χ3n) is 4.01. The van der Waals surface area contributed by atoms with Crippen molar-refractivity contribution < 1.29 is 9.53 Å². The maximum Gasteiger partial charge on any atom is 0.236 e. The van der Waals surface area contributed by atoms with Gasteiger partial charge in [-0.3, -0.25) is 9.69 Å². The summed E-state index contributed by atoms with van der Waals surface area (Å²) in [5.74, 6) is 1.21. The Balaban J connectivity index is 1.50. The summed E-state index contributed by atoms with van der Waals surface area (Å²) in [6, 6.07) is 7.81. The van der Waals surface area contributed by atoms with Gasteiger partial charge < -0.3 is 10.1 Å². The van der Waals surface area contributed by atoms with Crippen molar-refractivity contribution in [3.63, 3.8) is 0 Å². The minimum Gasteiger partial charge on any atom is -0.494 e. The molecule has 1 aromatic heterocycles. The first kappa shape index (κ1) is 18.2. The van der Waals surface area contributed by atoms with Crippen LogP contribution in [0.25, 0.3) is 0 Å². The Hall–Kier alpha value is -1.57. The van der Waals surface area contributed by atoms with Gasteiger partial charge in [0.15, 0.2) is 5.13 Å². The number of anilines is 1. The van der Waals surface area contributed by atoms with Crippen LogP contribution in [-0.4, -0.2) is 41.2 Å². The number of nitrogens with one attached hydrogen (secondary N) is 1. The van der Waals surface area contributed by atoms with Crippen LogP contribution in [0.2, 0.25) is 0 Å². The molecule has 25 heavy (non-hydrogen) atoms. The second kappa shape index (κ2) is 8.69. The SMILES string of the molecule is CCOc1ccc(SCC(=O)Nc2nc3c(s2)CN(CC)CC3)cc1. The van der Waals surface area contributed by atoms with Crippen molar-refractivity contribution >= 4 is 34.1 Å². The lowest BCUT2D eigenvalue weighted by Gasteiger charge is -2.23. The molecule has 0 spiro atoms. The number of thioether (sulfide) groups is 1. The molecule has 1 aliphatic rings. The number of carbonyl (C=O) groups is 1. The van der Waals surface area contributed by atoms with Gasteiger partial charge in [-0.1, -0.05) is 6.92 Å². The van der Waals surface area contributed by atoms with Gasteiger partial charge in [0.1, 0.15) is 5.75 Å². The zero-order valence-electron chi connectivity index (χ0n) is 14.6. The van der Waals surface area contributed by atoms with Gasteiger partial charge in [-0.15, -0.1) is 23.1 Å². The van der Waals surface area contributed by atoms with Gasteiger partial charge in [0, 0.05) is 29.3 Å². The zero-order valence-corrected chi connectivity index (χ0v) is 16.2. The molecule has 0 aliphatic carbocycles. The third kappa shape index (κ3) is 4.96. The summed E-state index contributed by atoms with van der Waals surface area (Å²) in [4.78, 5) is 21.5. The molecule has 0 fully saturated rings. The molecule has 1 N–H and O–H groups in total. The highest BCUT2D eigenvalue weighted by Crippen LogP contribution is 2.28. The molecule has 5 nitrogen and oxygen atoms in total. The Kier molecular flexibility index (Phi) is 6.34. The summed E-state index contributed by atoms with van der Waals surface area (Å²) in [5, 5.41) is 3.66. The number of hydrogen-bond acceptors (Lipinski definition) is 6. The van der Waals surface area contributed by atoms with Gasteiger partial charge in [-0.05, 0) is 37.7 Å². The number of fused-ring (bicyclic) bond motifs is 1. The Morgan fingerprint density at radius 2 is 2.16 bits per heavy atom. The Morgan fingerprint density at radius 3 is 2.88 bits per heavy atom. The molecule has 1 aromatic carbocycles. The Labute approximate surface area is 156 Å². The van der Waals surface area contributed by atoms with E-state index in [-0.39, 0.29) is 5.91 Å². The predicted molar refractivity (Wildman–Crippen MR) is 104 cm³/mol. The van der Waals surface area contributed by atoms with E-state index in [1.807, 2.05) is 31.2 Å². The van der Waals surface area contributed by atoms with Gasteiger partial charge in [-0.25, -0.2) is 4.98 Å². The standard InChI is InChI=1S/C18H23N3O2S2/c1-3-21-10-9-15-16(11-21)25-18(19-15)20-17(22)12-24-14-7-5-13(6-8-14)23-4-2/h5-8H,3-4,9-12H2,1-2H3,(H,19,20,22). The molecular weight excluding hydrogens is 354 g/mol. The van der Waals surface area contributed by atoms with Gasteiger partial charge in [0.05, 0.1) is 18.1 Å². The lowest BCUT2D eigenvalue weighted by molar-refractivity contribution is -0.113. The molecule has 0 saturated heterocycles. The van der Waals surface area contributed by atoms with Crippen LogP contribution in [0.15, 0.2) is 29.2 Å². The quantitative estimate of drug-likeness (QED) is 0.747. The van der Waals surface area contributed by atoms with E-state index in [2.05, 4.69) is 22.1 Å². The molecule has 2 aromatic rings. The fourth-order valence-corrected chi connectivity index (χ4v) is 4.44. The molecule has 0 atom stereocenters. The monoisotopic (exact) mass is 377 g/mol. The number of likely N-dealkylation sites (N-methyl/N-ethyl adjacent to an activating group) is 1. The topological polar surface area (TPSA) is 54.5 Å². The summed E-state index contributed by atoms with van der Waals surface area (Å²) in [7, 11) is 0. The average Bonchev–Trinajstić information content (AvgIpc) is 3.02. The molecule has 0 radical (unpaired) electrons. The van der Waals surface area contributed by atoms with Crippen molar-refractivity contribution in [3.8, 4) is 5.75 Å². The first-order valence-electron chi connectivity index (χ1n) is 8.54. The minimum absolute atomic E-state index is 0.0164. The molecule has 134 valence electrons. The maximum atomic E-state index is 12.2. The van der Waals surface area contributed by atoms with Crippen molar-refractivity contribution in [1.29, 1.82) is 0 Å². The number of rotatable bonds is 7. The molecule has 3 rings (SSSR count). The van der Waals surface area contributed by atoms with E-state index in [1.54, 1.807) is 11.3 Å². The van der Waals surface area contributed by atoms with Crippen LogP contribution in [0.4, 0.5) is 5.13 Å². The molecule has 1 aliphatic heterocycles. The predicted octanol–water partition coefficient (Wildman–Crippen LogP) is 3.65. The van der Waals surface area contributed by atoms with Crippen LogP contribution in [0.3, 0.4) is 0 Å². The lowest BCUT2D eigenvalue weighted by atomic mass is 10.2. The molecular formula is C18H23N3O2S2. The molecule has 0 bridgehead atoms. The summed E-state index contributed by atoms with van der Waals surface area (Å²) in [5.41, 5.74) is 1.14. The van der Waals surface area contributed by atoms with Crippen LogP contribution >= 0.6 is 23.1 Å². The van der Waals surface area contributed by atoms with E-state index >= 15 is 0 Å². The maximum absolute atomic E-state index is 12.2. The number of hydrogen-bond donors (Lipinski definition) is 1. The second-order valence-electron chi connectivity index (χ2n) is 5.75. The smallest absolute Gasteiger partial charge is 0.236 e. The van der Waals surface area contributed by atoms with Crippen LogP contribution in [0.5, 0.6) is 5.75 Å². The fourth-order valence-electron chi connectivity index (χ4n) is 2.67. The number of carbonyl (C=O) groups excluding carboxylic acids is 1. The number of nitrogens with zero attached hydrogens (tertiary/aromatic N) is 2. The summed E-state index contributed by atoms with van der Waals surface area (Å²) >= 11 is 3.12. The van der Waals surface area contributed by atoms with E-state index in [0.29, 0.717) is 12.4 Å². The number of thiazole rings is 1. The Morgan fingerprint density at radius 1 is 1.36 bits per heavy atom. The van der Waals surface area contributed by atoms with E-state index in [0.717, 1.165) is 47.5 Å². The lowest BCUT2D eigenvalue weighted by Crippen LogP contribution is -2.29. The van der Waals surface area contributed by atoms with Gasteiger partial charge in [-0.2, -0.15) is 0 Å². The zero-order chi connectivity index (χ0) is 17.6. The van der Waals surface area contributed by atoms with Gasteiger partial charge in [0.2, 0.25) is 5.91 Å². The second-order valence-corrected chi connectivity index (χ2v) is 7.88. The number of amides is 1. The number of ether oxygens (including phenoxy) is 1. The van der Waals surface area contributed by atoms with Crippen molar-refractivity contribution in [1.82, 2.24) is 9.88 Å². The first-order valence-corrected chi connectivity index (χ1v) is 10.3. The minimum atomic E-state index is -0.0164. The highest BCUT2D eigenvalue weighted by Gasteiger charge is 2.20. The molecule has 0 unspecified atom stereocenters. The van der Waals surface area contributed by atoms with Crippen molar-refractivity contribution in [2.24, 2.45) is 0 Å². The highest BCUT2D eigenvalue weighted by atomic mass is 32.2. The largest absolute Gasteiger partial charge is 0.494 e. The van der Waals surface area contributed by atoms with Crippen molar-refractivity contribution in [3.05, 3.63) is 34.8 Å². The molecule has 1 amide bonds. The van der Waals surface area contributed by atoms with E-state index < -0.39 is 0 Å². The first-order chi connectivity index (χ1) is 12.2. The van der Waals surface area contributed by atoms with E-state index in [1.165, 1.54) is 16.6 Å². The van der Waals surface area contributed by atoms with E-state index in [9.17, 15) is 4.79 Å². The molecule has 7 heteroatoms.